The molecule has 0 saturated heterocycles. The third kappa shape index (κ3) is 2.56. The lowest BCUT2D eigenvalue weighted by atomic mass is 10.1. The summed E-state index contributed by atoms with van der Waals surface area (Å²) in [5.41, 5.74) is 7.07. The second-order valence-electron chi connectivity index (χ2n) is 4.89. The fraction of sp³-hybridized carbons (Fsp3) is 0.188. The van der Waals surface area contributed by atoms with E-state index in [0.29, 0.717) is 0 Å². The molecule has 0 unspecified atom stereocenters. The molecule has 0 radical (unpaired) electrons. The molecule has 0 aliphatic heterocycles. The van der Waals surface area contributed by atoms with Gasteiger partial charge in [0, 0.05) is 18.0 Å². The third-order valence-corrected chi connectivity index (χ3v) is 3.42. The smallest absolute Gasteiger partial charge is 0.137 e. The molecule has 3 aromatic rings. The number of rotatable bonds is 1. The Morgan fingerprint density at radius 3 is 2.47 bits per heavy atom. The highest BCUT2D eigenvalue weighted by atomic mass is 79.9. The van der Waals surface area contributed by atoms with Crippen molar-refractivity contribution in [1.82, 2.24) is 9.38 Å². The molecule has 3 rings (SSSR count). The predicted octanol–water partition coefficient (Wildman–Crippen LogP) is 4.50. The third-order valence-electron chi connectivity index (χ3n) is 3.42. The highest BCUT2D eigenvalue weighted by molar-refractivity contribution is 8.93. The number of nitrogens with zero attached hydrogens (tertiary/aromatic N) is 2. The first-order chi connectivity index (χ1) is 8.63. The molecule has 1 aromatic carbocycles. The van der Waals surface area contributed by atoms with E-state index in [-0.39, 0.29) is 17.0 Å². The lowest BCUT2D eigenvalue weighted by molar-refractivity contribution is 1.17. The van der Waals surface area contributed by atoms with Gasteiger partial charge in [-0.3, -0.25) is 0 Å². The van der Waals surface area contributed by atoms with Crippen molar-refractivity contribution in [3.63, 3.8) is 0 Å². The molecule has 98 valence electrons. The van der Waals surface area contributed by atoms with Gasteiger partial charge in [0.25, 0.3) is 0 Å². The summed E-state index contributed by atoms with van der Waals surface area (Å²) in [5, 5.41) is 0. The quantitative estimate of drug-likeness (QED) is 0.646. The standard InChI is InChI=1S/C16H16N2.BrH/c1-11-6-7-18-10-15(17-16(18)8-11)14-5-4-12(2)13(3)9-14;/h4-10H,1-3H3;1H. The van der Waals surface area contributed by atoms with Crippen LogP contribution in [0, 0.1) is 20.8 Å². The molecule has 0 aliphatic rings. The maximum atomic E-state index is 4.68. The summed E-state index contributed by atoms with van der Waals surface area (Å²) < 4.78 is 2.07. The van der Waals surface area contributed by atoms with Crippen molar-refractivity contribution in [2.24, 2.45) is 0 Å². The van der Waals surface area contributed by atoms with Crippen LogP contribution in [0.2, 0.25) is 0 Å². The SMILES string of the molecule is Br.Cc1ccn2cc(-c3ccc(C)c(C)c3)nc2c1. The Bertz CT molecular complexity index is 729. The van der Waals surface area contributed by atoms with Crippen LogP contribution in [-0.4, -0.2) is 9.38 Å². The molecule has 2 heterocycles. The summed E-state index contributed by atoms with van der Waals surface area (Å²) >= 11 is 0. The van der Waals surface area contributed by atoms with Gasteiger partial charge in [0.05, 0.1) is 5.69 Å². The Balaban J connectivity index is 0.00000133. The predicted molar refractivity (Wildman–Crippen MR) is 85.2 cm³/mol. The fourth-order valence-electron chi connectivity index (χ4n) is 2.12. The van der Waals surface area contributed by atoms with Crippen LogP contribution in [-0.2, 0) is 0 Å². The summed E-state index contributed by atoms with van der Waals surface area (Å²) in [7, 11) is 0. The van der Waals surface area contributed by atoms with Gasteiger partial charge in [0.1, 0.15) is 5.65 Å². The summed E-state index contributed by atoms with van der Waals surface area (Å²) in [6.07, 6.45) is 4.14. The molecule has 19 heavy (non-hydrogen) atoms. The summed E-state index contributed by atoms with van der Waals surface area (Å²) in [6.45, 7) is 6.36. The molecule has 0 fully saturated rings. The van der Waals surface area contributed by atoms with E-state index in [1.807, 2.05) is 0 Å². The molecule has 0 atom stereocenters. The zero-order valence-electron chi connectivity index (χ0n) is 11.3. The van der Waals surface area contributed by atoms with Crippen molar-refractivity contribution in [3.05, 3.63) is 59.4 Å². The Morgan fingerprint density at radius 2 is 1.74 bits per heavy atom. The van der Waals surface area contributed by atoms with Gasteiger partial charge in [-0.15, -0.1) is 17.0 Å². The molecule has 0 amide bonds. The molecule has 0 saturated carbocycles. The van der Waals surface area contributed by atoms with Gasteiger partial charge in [-0.05, 0) is 55.7 Å². The minimum absolute atomic E-state index is 0. The molecule has 0 aliphatic carbocycles. The van der Waals surface area contributed by atoms with Crippen molar-refractivity contribution in [2.75, 3.05) is 0 Å². The number of pyridine rings is 1. The molecule has 2 nitrogen and oxygen atoms in total. The fourth-order valence-corrected chi connectivity index (χ4v) is 2.12. The maximum Gasteiger partial charge on any atom is 0.137 e. The van der Waals surface area contributed by atoms with Gasteiger partial charge >= 0.3 is 0 Å². The van der Waals surface area contributed by atoms with Gasteiger partial charge < -0.3 is 4.40 Å². The van der Waals surface area contributed by atoms with E-state index < -0.39 is 0 Å². The summed E-state index contributed by atoms with van der Waals surface area (Å²) in [6, 6.07) is 10.7. The molecule has 3 heteroatoms. The normalized spacial score (nSPS) is 10.5. The lowest BCUT2D eigenvalue weighted by Crippen LogP contribution is -1.83. The summed E-state index contributed by atoms with van der Waals surface area (Å²) in [5.74, 6) is 0. The first-order valence-electron chi connectivity index (χ1n) is 6.16. The van der Waals surface area contributed by atoms with Crippen LogP contribution < -0.4 is 0 Å². The van der Waals surface area contributed by atoms with Crippen LogP contribution in [0.1, 0.15) is 16.7 Å². The lowest BCUT2D eigenvalue weighted by Gasteiger charge is -2.01. The van der Waals surface area contributed by atoms with Gasteiger partial charge in [0.2, 0.25) is 0 Å². The number of halogens is 1. The number of aromatic nitrogens is 2. The van der Waals surface area contributed by atoms with Gasteiger partial charge in [0.15, 0.2) is 0 Å². The Kier molecular flexibility index (Phi) is 3.76. The maximum absolute atomic E-state index is 4.68. The number of aryl methyl sites for hydroxylation is 3. The minimum atomic E-state index is 0. The van der Waals surface area contributed by atoms with Gasteiger partial charge in [-0.2, -0.15) is 0 Å². The molecule has 2 aromatic heterocycles. The number of imidazole rings is 1. The van der Waals surface area contributed by atoms with Crippen LogP contribution in [0.4, 0.5) is 0 Å². The average Bonchev–Trinajstić information content (AvgIpc) is 2.75. The first kappa shape index (κ1) is 13.8. The average molecular weight is 317 g/mol. The monoisotopic (exact) mass is 316 g/mol. The van der Waals surface area contributed by atoms with E-state index in [0.717, 1.165) is 11.3 Å². The minimum Gasteiger partial charge on any atom is -0.306 e. The van der Waals surface area contributed by atoms with Gasteiger partial charge in [-0.1, -0.05) is 12.1 Å². The van der Waals surface area contributed by atoms with Crippen molar-refractivity contribution >= 4 is 22.6 Å². The van der Waals surface area contributed by atoms with Gasteiger partial charge in [-0.25, -0.2) is 4.98 Å². The van der Waals surface area contributed by atoms with Crippen molar-refractivity contribution in [2.45, 2.75) is 20.8 Å². The summed E-state index contributed by atoms with van der Waals surface area (Å²) in [4.78, 5) is 4.68. The number of benzene rings is 1. The molecule has 0 bridgehead atoms. The highest BCUT2D eigenvalue weighted by Crippen LogP contribution is 2.22. The second-order valence-corrected chi connectivity index (χ2v) is 4.89. The van der Waals surface area contributed by atoms with Crippen molar-refractivity contribution in [3.8, 4) is 11.3 Å². The Morgan fingerprint density at radius 1 is 0.947 bits per heavy atom. The van der Waals surface area contributed by atoms with E-state index in [2.05, 4.69) is 72.9 Å². The second kappa shape index (κ2) is 5.17. The number of hydrogen-bond donors (Lipinski definition) is 0. The van der Waals surface area contributed by atoms with E-state index in [1.165, 1.54) is 22.3 Å². The van der Waals surface area contributed by atoms with Crippen molar-refractivity contribution < 1.29 is 0 Å². The zero-order valence-corrected chi connectivity index (χ0v) is 13.1. The largest absolute Gasteiger partial charge is 0.306 e. The van der Waals surface area contributed by atoms with Crippen LogP contribution in [0.5, 0.6) is 0 Å². The molecular formula is C16H17BrN2. The Hall–Kier alpha value is -1.61. The van der Waals surface area contributed by atoms with E-state index >= 15 is 0 Å². The van der Waals surface area contributed by atoms with E-state index in [9.17, 15) is 0 Å². The molecular weight excluding hydrogens is 300 g/mol. The number of fused-ring (bicyclic) bond motifs is 1. The Labute approximate surface area is 123 Å². The van der Waals surface area contributed by atoms with Crippen LogP contribution in [0.15, 0.2) is 42.7 Å². The van der Waals surface area contributed by atoms with Crippen molar-refractivity contribution in [1.29, 1.82) is 0 Å². The van der Waals surface area contributed by atoms with E-state index in [4.69, 9.17) is 0 Å². The zero-order chi connectivity index (χ0) is 12.7. The first-order valence-corrected chi connectivity index (χ1v) is 6.16. The molecule has 0 spiro atoms. The van der Waals surface area contributed by atoms with E-state index in [1.54, 1.807) is 0 Å². The topological polar surface area (TPSA) is 17.3 Å². The van der Waals surface area contributed by atoms with Crippen LogP contribution in [0.25, 0.3) is 16.9 Å². The molecule has 0 N–H and O–H groups in total. The van der Waals surface area contributed by atoms with Crippen LogP contribution >= 0.6 is 17.0 Å². The number of hydrogen-bond acceptors (Lipinski definition) is 1. The highest BCUT2D eigenvalue weighted by Gasteiger charge is 2.05. The van der Waals surface area contributed by atoms with Crippen LogP contribution in [0.3, 0.4) is 0 Å².